The highest BCUT2D eigenvalue weighted by atomic mass is 32.1. The number of amides is 1. The Morgan fingerprint density at radius 1 is 1.32 bits per heavy atom. The monoisotopic (exact) mass is 447 g/mol. The smallest absolute Gasteiger partial charge is 0.345 e. The normalized spacial score (nSPS) is 16.3. The van der Waals surface area contributed by atoms with Crippen molar-refractivity contribution in [2.75, 3.05) is 4.90 Å². The van der Waals surface area contributed by atoms with Gasteiger partial charge in [0.05, 0.1) is 10.5 Å². The summed E-state index contributed by atoms with van der Waals surface area (Å²) >= 11 is 0.491. The Bertz CT molecular complexity index is 1280. The molecule has 1 amide bonds. The first-order valence-corrected chi connectivity index (χ1v) is 9.43. The molecule has 0 fully saturated rings. The van der Waals surface area contributed by atoms with Crippen molar-refractivity contribution in [3.05, 3.63) is 86.7 Å². The molecule has 0 saturated heterocycles. The van der Waals surface area contributed by atoms with Crippen LogP contribution in [0.2, 0.25) is 0 Å². The lowest BCUT2D eigenvalue weighted by atomic mass is 9.95. The number of carbonyl (C=O) groups is 2. The summed E-state index contributed by atoms with van der Waals surface area (Å²) in [5, 5.41) is 20.8. The molecule has 12 heteroatoms. The standard InChI is InChI=1S/C19H11F2N3O6S/c1-8-2-5-12(30-8)16(25)14-15(10-4-3-9(20)6-11(10)21)23(18(27)17(14)26)19-22-7-13(31-19)24(28)29/h2-7,15,26H,1H3. The fraction of sp³-hybridized carbons (Fsp3) is 0.105. The van der Waals surface area contributed by atoms with Crippen LogP contribution in [0.15, 0.2) is 52.3 Å². The summed E-state index contributed by atoms with van der Waals surface area (Å²) < 4.78 is 33.4. The molecule has 1 aliphatic heterocycles. The number of nitro groups is 1. The summed E-state index contributed by atoms with van der Waals surface area (Å²) in [6.07, 6.45) is 0.887. The van der Waals surface area contributed by atoms with E-state index in [9.17, 15) is 33.6 Å². The van der Waals surface area contributed by atoms with Crippen LogP contribution in [0.3, 0.4) is 0 Å². The zero-order valence-corrected chi connectivity index (χ0v) is 16.4. The number of hydrogen-bond acceptors (Lipinski definition) is 8. The highest BCUT2D eigenvalue weighted by molar-refractivity contribution is 7.18. The van der Waals surface area contributed by atoms with Crippen LogP contribution in [0, 0.1) is 28.7 Å². The minimum atomic E-state index is -1.56. The average Bonchev–Trinajstić information content (AvgIpc) is 3.41. The molecule has 9 nitrogen and oxygen atoms in total. The molecule has 1 unspecified atom stereocenters. The molecule has 2 aromatic heterocycles. The van der Waals surface area contributed by atoms with Crippen molar-refractivity contribution < 1.29 is 32.8 Å². The van der Waals surface area contributed by atoms with Crippen LogP contribution in [0.4, 0.5) is 18.9 Å². The number of Topliss-reactive ketones (excluding diaryl/α,β-unsaturated/α-hetero) is 1. The van der Waals surface area contributed by atoms with Crippen molar-refractivity contribution in [2.24, 2.45) is 0 Å². The molecule has 1 N–H and O–H groups in total. The van der Waals surface area contributed by atoms with Gasteiger partial charge in [-0.1, -0.05) is 6.07 Å². The molecule has 0 radical (unpaired) electrons. The van der Waals surface area contributed by atoms with Crippen LogP contribution in [-0.4, -0.2) is 26.7 Å². The third-order valence-corrected chi connectivity index (χ3v) is 5.49. The fourth-order valence-corrected chi connectivity index (χ4v) is 3.95. The predicted molar refractivity (Wildman–Crippen MR) is 103 cm³/mol. The van der Waals surface area contributed by atoms with Gasteiger partial charge in [0.2, 0.25) is 5.78 Å². The second kappa shape index (κ2) is 7.40. The SMILES string of the molecule is Cc1ccc(C(=O)C2=C(O)C(=O)N(c3ncc([N+](=O)[O-])s3)C2c2ccc(F)cc2F)o1. The second-order valence-corrected chi connectivity index (χ2v) is 7.47. The Kier molecular flexibility index (Phi) is 4.85. The third kappa shape index (κ3) is 3.36. The van der Waals surface area contributed by atoms with Crippen molar-refractivity contribution in [1.82, 2.24) is 4.98 Å². The van der Waals surface area contributed by atoms with Crippen molar-refractivity contribution in [3.8, 4) is 0 Å². The molecule has 1 atom stereocenters. The van der Waals surface area contributed by atoms with Crippen LogP contribution in [-0.2, 0) is 4.79 Å². The lowest BCUT2D eigenvalue weighted by Crippen LogP contribution is -2.31. The van der Waals surface area contributed by atoms with E-state index >= 15 is 0 Å². The molecule has 1 aromatic carbocycles. The van der Waals surface area contributed by atoms with Gasteiger partial charge in [0.25, 0.3) is 5.91 Å². The lowest BCUT2D eigenvalue weighted by Gasteiger charge is -2.24. The first-order chi connectivity index (χ1) is 14.7. The number of anilines is 1. The average molecular weight is 447 g/mol. The number of furan rings is 1. The van der Waals surface area contributed by atoms with Gasteiger partial charge in [0, 0.05) is 11.6 Å². The van der Waals surface area contributed by atoms with Gasteiger partial charge < -0.3 is 9.52 Å². The molecular weight excluding hydrogens is 436 g/mol. The molecule has 0 spiro atoms. The number of aryl methyl sites for hydroxylation is 1. The Morgan fingerprint density at radius 3 is 2.65 bits per heavy atom. The minimum Gasteiger partial charge on any atom is -0.503 e. The molecular formula is C19H11F2N3O6S. The first kappa shape index (κ1) is 20.3. The van der Waals surface area contributed by atoms with Gasteiger partial charge in [-0.3, -0.25) is 24.6 Å². The van der Waals surface area contributed by atoms with E-state index < -0.39 is 50.6 Å². The lowest BCUT2D eigenvalue weighted by molar-refractivity contribution is -0.380. The summed E-state index contributed by atoms with van der Waals surface area (Å²) in [4.78, 5) is 40.7. The van der Waals surface area contributed by atoms with Gasteiger partial charge in [-0.2, -0.15) is 0 Å². The number of benzene rings is 1. The Morgan fingerprint density at radius 2 is 2.06 bits per heavy atom. The molecule has 1 aliphatic rings. The molecule has 3 heterocycles. The number of carbonyl (C=O) groups excluding carboxylic acids is 2. The van der Waals surface area contributed by atoms with Crippen molar-refractivity contribution >= 4 is 33.2 Å². The maximum Gasteiger partial charge on any atom is 0.345 e. The predicted octanol–water partition coefficient (Wildman–Crippen LogP) is 4.01. The summed E-state index contributed by atoms with van der Waals surface area (Å²) in [7, 11) is 0. The molecule has 3 aromatic rings. The summed E-state index contributed by atoms with van der Waals surface area (Å²) in [6, 6.07) is 3.72. The second-order valence-electron chi connectivity index (χ2n) is 6.48. The summed E-state index contributed by atoms with van der Waals surface area (Å²) in [5.74, 6) is -4.85. The molecule has 4 rings (SSSR count). The number of halogens is 2. The number of nitrogens with zero attached hydrogens (tertiary/aromatic N) is 3. The van der Waals surface area contributed by atoms with E-state index in [0.29, 0.717) is 23.2 Å². The van der Waals surface area contributed by atoms with Gasteiger partial charge in [-0.05, 0) is 36.5 Å². The molecule has 0 saturated carbocycles. The molecule has 31 heavy (non-hydrogen) atoms. The van der Waals surface area contributed by atoms with Gasteiger partial charge in [-0.15, -0.1) is 0 Å². The maximum atomic E-state index is 14.7. The number of thiazole rings is 1. The Hall–Kier alpha value is -3.93. The first-order valence-electron chi connectivity index (χ1n) is 8.62. The summed E-state index contributed by atoms with van der Waals surface area (Å²) in [6.45, 7) is 1.57. The van der Waals surface area contributed by atoms with Crippen LogP contribution >= 0.6 is 11.3 Å². The van der Waals surface area contributed by atoms with Gasteiger partial charge in [-0.25, -0.2) is 13.8 Å². The van der Waals surface area contributed by atoms with E-state index in [-0.39, 0.29) is 16.5 Å². The Labute approximate surface area is 176 Å². The van der Waals surface area contributed by atoms with Crippen LogP contribution < -0.4 is 4.90 Å². The van der Waals surface area contributed by atoms with E-state index in [1.54, 1.807) is 6.92 Å². The highest BCUT2D eigenvalue weighted by Gasteiger charge is 2.47. The topological polar surface area (TPSA) is 127 Å². The van der Waals surface area contributed by atoms with E-state index in [1.165, 1.54) is 12.1 Å². The quantitative estimate of drug-likeness (QED) is 0.356. The maximum absolute atomic E-state index is 14.7. The van der Waals surface area contributed by atoms with E-state index in [2.05, 4.69) is 4.98 Å². The van der Waals surface area contributed by atoms with E-state index in [0.717, 1.165) is 23.2 Å². The van der Waals surface area contributed by atoms with Crippen molar-refractivity contribution in [2.45, 2.75) is 13.0 Å². The number of aromatic nitrogens is 1. The molecule has 0 aliphatic carbocycles. The zero-order valence-electron chi connectivity index (χ0n) is 15.5. The fourth-order valence-electron chi connectivity index (χ4n) is 3.19. The minimum absolute atomic E-state index is 0.216. The van der Waals surface area contributed by atoms with Crippen LogP contribution in [0.25, 0.3) is 0 Å². The van der Waals surface area contributed by atoms with Gasteiger partial charge >= 0.3 is 5.00 Å². The number of aliphatic hydroxyl groups excluding tert-OH is 1. The molecule has 158 valence electrons. The van der Waals surface area contributed by atoms with E-state index in [1.807, 2.05) is 0 Å². The summed E-state index contributed by atoms with van der Waals surface area (Å²) in [5.41, 5.74) is -0.842. The highest BCUT2D eigenvalue weighted by Crippen LogP contribution is 2.44. The Balaban J connectivity index is 1.90. The zero-order chi connectivity index (χ0) is 22.4. The van der Waals surface area contributed by atoms with Crippen molar-refractivity contribution in [3.63, 3.8) is 0 Å². The van der Waals surface area contributed by atoms with Crippen molar-refractivity contribution in [1.29, 1.82) is 0 Å². The van der Waals surface area contributed by atoms with Gasteiger partial charge in [0.1, 0.15) is 29.6 Å². The number of hydrogen-bond donors (Lipinski definition) is 1. The van der Waals surface area contributed by atoms with Crippen LogP contribution in [0.5, 0.6) is 0 Å². The van der Waals surface area contributed by atoms with Gasteiger partial charge in [0.15, 0.2) is 16.7 Å². The number of ketones is 1. The number of rotatable bonds is 5. The van der Waals surface area contributed by atoms with E-state index in [4.69, 9.17) is 4.42 Å². The third-order valence-electron chi connectivity index (χ3n) is 4.54. The van der Waals surface area contributed by atoms with Crippen LogP contribution in [0.1, 0.15) is 27.9 Å². The largest absolute Gasteiger partial charge is 0.503 e. The number of aliphatic hydroxyl groups is 1. The molecule has 0 bridgehead atoms.